The second-order valence-corrected chi connectivity index (χ2v) is 6.98. The zero-order valence-corrected chi connectivity index (χ0v) is 16.4. The maximum atomic E-state index is 12.5. The number of amides is 2. The lowest BCUT2D eigenvalue weighted by Gasteiger charge is -2.09. The van der Waals surface area contributed by atoms with E-state index in [0.717, 1.165) is 22.4 Å². The van der Waals surface area contributed by atoms with Gasteiger partial charge in [-0.15, -0.1) is 0 Å². The molecule has 4 aromatic rings. The van der Waals surface area contributed by atoms with Crippen LogP contribution in [0.5, 0.6) is 0 Å². The zero-order valence-electron chi connectivity index (χ0n) is 16.4. The highest BCUT2D eigenvalue weighted by atomic mass is 16.2. The van der Waals surface area contributed by atoms with Gasteiger partial charge in [-0.3, -0.25) is 9.59 Å². The molecule has 0 spiro atoms. The number of hydrogen-bond donors (Lipinski definition) is 4. The number of aryl methyl sites for hydroxylation is 1. The third-order valence-corrected chi connectivity index (χ3v) is 4.74. The largest absolute Gasteiger partial charge is 0.397 e. The van der Waals surface area contributed by atoms with Crippen LogP contribution in [0, 0.1) is 6.92 Å². The topological polar surface area (TPSA) is 113 Å². The molecular weight excluding hydrogens is 378 g/mol. The molecule has 7 heteroatoms. The molecule has 150 valence electrons. The molecular formula is C23H21N5O2. The van der Waals surface area contributed by atoms with Crippen LogP contribution in [0.15, 0.2) is 66.7 Å². The Kier molecular flexibility index (Phi) is 5.17. The molecule has 7 nitrogen and oxygen atoms in total. The summed E-state index contributed by atoms with van der Waals surface area (Å²) in [6.07, 6.45) is 0. The third kappa shape index (κ3) is 4.15. The molecule has 2 amide bonds. The quantitative estimate of drug-likeness (QED) is 0.384. The molecule has 0 aliphatic heterocycles. The Morgan fingerprint density at radius 1 is 0.967 bits per heavy atom. The number of H-pyrrole nitrogens is 1. The smallest absolute Gasteiger partial charge is 0.255 e. The number of rotatable bonds is 5. The number of benzene rings is 3. The lowest BCUT2D eigenvalue weighted by Crippen LogP contribution is -2.22. The van der Waals surface area contributed by atoms with Gasteiger partial charge in [0.05, 0.1) is 22.4 Å². The first kappa shape index (κ1) is 19.2. The van der Waals surface area contributed by atoms with Crippen molar-refractivity contribution in [3.8, 4) is 0 Å². The van der Waals surface area contributed by atoms with Gasteiger partial charge in [0.15, 0.2) is 0 Å². The second kappa shape index (κ2) is 8.08. The average molecular weight is 399 g/mol. The van der Waals surface area contributed by atoms with E-state index in [9.17, 15) is 9.59 Å². The van der Waals surface area contributed by atoms with Gasteiger partial charge in [-0.2, -0.15) is 0 Å². The van der Waals surface area contributed by atoms with Gasteiger partial charge in [0.25, 0.3) is 11.8 Å². The van der Waals surface area contributed by atoms with E-state index < -0.39 is 0 Å². The van der Waals surface area contributed by atoms with Crippen molar-refractivity contribution >= 4 is 34.2 Å². The second-order valence-electron chi connectivity index (χ2n) is 6.98. The van der Waals surface area contributed by atoms with E-state index in [2.05, 4.69) is 20.6 Å². The first-order chi connectivity index (χ1) is 14.5. The van der Waals surface area contributed by atoms with Crippen LogP contribution in [0.3, 0.4) is 0 Å². The van der Waals surface area contributed by atoms with E-state index in [1.54, 1.807) is 36.4 Å². The molecule has 30 heavy (non-hydrogen) atoms. The van der Waals surface area contributed by atoms with Crippen LogP contribution in [0.25, 0.3) is 11.0 Å². The Morgan fingerprint density at radius 3 is 2.47 bits per heavy atom. The minimum absolute atomic E-state index is 0.175. The van der Waals surface area contributed by atoms with Crippen molar-refractivity contribution in [2.24, 2.45) is 0 Å². The van der Waals surface area contributed by atoms with E-state index in [0.29, 0.717) is 29.0 Å². The van der Waals surface area contributed by atoms with Crippen molar-refractivity contribution in [1.82, 2.24) is 15.3 Å². The number of nitrogen functional groups attached to an aromatic ring is 1. The number of hydrogen-bond acceptors (Lipinski definition) is 4. The van der Waals surface area contributed by atoms with Crippen LogP contribution in [0.4, 0.5) is 11.4 Å². The first-order valence-electron chi connectivity index (χ1n) is 9.49. The van der Waals surface area contributed by atoms with Crippen molar-refractivity contribution in [1.29, 1.82) is 0 Å². The summed E-state index contributed by atoms with van der Waals surface area (Å²) < 4.78 is 0. The van der Waals surface area contributed by atoms with E-state index in [4.69, 9.17) is 5.73 Å². The van der Waals surface area contributed by atoms with E-state index in [1.807, 2.05) is 37.3 Å². The molecule has 0 atom stereocenters. The molecule has 4 rings (SSSR count). The number of nitrogens with zero attached hydrogens (tertiary/aromatic N) is 1. The first-order valence-corrected chi connectivity index (χ1v) is 9.49. The van der Waals surface area contributed by atoms with Gasteiger partial charge in [-0.25, -0.2) is 4.98 Å². The molecule has 0 bridgehead atoms. The summed E-state index contributed by atoms with van der Waals surface area (Å²) in [4.78, 5) is 32.3. The number of fused-ring (bicyclic) bond motifs is 1. The van der Waals surface area contributed by atoms with Gasteiger partial charge < -0.3 is 21.4 Å². The lowest BCUT2D eigenvalue weighted by molar-refractivity contribution is 0.0950. The number of carbonyl (C=O) groups is 2. The third-order valence-electron chi connectivity index (χ3n) is 4.74. The summed E-state index contributed by atoms with van der Waals surface area (Å²) >= 11 is 0. The summed E-state index contributed by atoms with van der Waals surface area (Å²) in [6, 6.07) is 19.5. The van der Waals surface area contributed by atoms with Gasteiger partial charge in [-0.05, 0) is 55.0 Å². The lowest BCUT2D eigenvalue weighted by atomic mass is 10.1. The molecule has 0 radical (unpaired) electrons. The molecule has 0 saturated heterocycles. The van der Waals surface area contributed by atoms with Gasteiger partial charge in [-0.1, -0.05) is 24.3 Å². The van der Waals surface area contributed by atoms with Crippen LogP contribution in [-0.2, 0) is 6.54 Å². The SMILES string of the molecule is Cc1nc2ccc(C(=O)NCc3ccc(C(=O)Nc4ccccc4N)cc3)cc2[nH]1. The number of aromatic nitrogens is 2. The Hall–Kier alpha value is -4.13. The molecule has 0 saturated carbocycles. The highest BCUT2D eigenvalue weighted by Gasteiger charge is 2.10. The highest BCUT2D eigenvalue weighted by molar-refractivity contribution is 6.05. The molecule has 0 fully saturated rings. The molecule has 0 aliphatic carbocycles. The standard InChI is InChI=1S/C23H21N5O2/c1-14-26-20-11-10-17(12-21(20)27-14)22(29)25-13-15-6-8-16(9-7-15)23(30)28-19-5-3-2-4-18(19)24/h2-12H,13,24H2,1H3,(H,25,29)(H,26,27)(H,28,30). The maximum Gasteiger partial charge on any atom is 0.255 e. The van der Waals surface area contributed by atoms with Gasteiger partial charge >= 0.3 is 0 Å². The van der Waals surface area contributed by atoms with Crippen molar-refractivity contribution in [3.63, 3.8) is 0 Å². The van der Waals surface area contributed by atoms with Crippen LogP contribution < -0.4 is 16.4 Å². The van der Waals surface area contributed by atoms with Crippen molar-refractivity contribution < 1.29 is 9.59 Å². The summed E-state index contributed by atoms with van der Waals surface area (Å²) in [7, 11) is 0. The fraction of sp³-hybridized carbons (Fsp3) is 0.0870. The van der Waals surface area contributed by atoms with Crippen molar-refractivity contribution in [3.05, 3.63) is 89.2 Å². The van der Waals surface area contributed by atoms with E-state index in [1.165, 1.54) is 0 Å². The summed E-state index contributed by atoms with van der Waals surface area (Å²) in [5, 5.41) is 5.68. The molecule has 3 aromatic carbocycles. The maximum absolute atomic E-state index is 12.5. The average Bonchev–Trinajstić information content (AvgIpc) is 3.13. The van der Waals surface area contributed by atoms with Crippen molar-refractivity contribution in [2.75, 3.05) is 11.1 Å². The van der Waals surface area contributed by atoms with Gasteiger partial charge in [0, 0.05) is 17.7 Å². The minimum Gasteiger partial charge on any atom is -0.397 e. The zero-order chi connectivity index (χ0) is 21.1. The van der Waals surface area contributed by atoms with Crippen LogP contribution in [0.2, 0.25) is 0 Å². The number of para-hydroxylation sites is 2. The molecule has 1 heterocycles. The molecule has 0 aliphatic rings. The Morgan fingerprint density at radius 2 is 1.70 bits per heavy atom. The summed E-state index contributed by atoms with van der Waals surface area (Å²) in [5.74, 6) is 0.388. The van der Waals surface area contributed by atoms with E-state index >= 15 is 0 Å². The fourth-order valence-electron chi connectivity index (χ4n) is 3.14. The number of nitrogens with two attached hydrogens (primary N) is 1. The van der Waals surface area contributed by atoms with Crippen LogP contribution >= 0.6 is 0 Å². The molecule has 0 unspecified atom stereocenters. The van der Waals surface area contributed by atoms with Crippen LogP contribution in [-0.4, -0.2) is 21.8 Å². The monoisotopic (exact) mass is 399 g/mol. The molecule has 1 aromatic heterocycles. The predicted octanol–water partition coefficient (Wildman–Crippen LogP) is 3.64. The number of anilines is 2. The fourth-order valence-corrected chi connectivity index (χ4v) is 3.14. The number of carbonyl (C=O) groups excluding carboxylic acids is 2. The predicted molar refractivity (Wildman–Crippen MR) is 117 cm³/mol. The summed E-state index contributed by atoms with van der Waals surface area (Å²) in [5.41, 5.74) is 10.5. The van der Waals surface area contributed by atoms with E-state index in [-0.39, 0.29) is 11.8 Å². The Balaban J connectivity index is 1.37. The molecule has 5 N–H and O–H groups in total. The normalized spacial score (nSPS) is 10.7. The van der Waals surface area contributed by atoms with Crippen LogP contribution in [0.1, 0.15) is 32.1 Å². The number of aromatic amines is 1. The van der Waals surface area contributed by atoms with Crippen molar-refractivity contribution in [2.45, 2.75) is 13.5 Å². The number of imidazole rings is 1. The number of nitrogens with one attached hydrogen (secondary N) is 3. The minimum atomic E-state index is -0.244. The Labute approximate surface area is 173 Å². The Bertz CT molecular complexity index is 1230. The van der Waals surface area contributed by atoms with Gasteiger partial charge in [0.1, 0.15) is 5.82 Å². The summed E-state index contributed by atoms with van der Waals surface area (Å²) in [6.45, 7) is 2.23. The highest BCUT2D eigenvalue weighted by Crippen LogP contribution is 2.18. The van der Waals surface area contributed by atoms with Gasteiger partial charge in [0.2, 0.25) is 0 Å².